The molecule has 2 heterocycles. The van der Waals surface area contributed by atoms with E-state index in [1.807, 2.05) is 18.2 Å². The van der Waals surface area contributed by atoms with Crippen molar-refractivity contribution in [3.05, 3.63) is 78.0 Å². The third kappa shape index (κ3) is 6.84. The van der Waals surface area contributed by atoms with Crippen LogP contribution in [0.2, 0.25) is 0 Å². The van der Waals surface area contributed by atoms with E-state index in [0.29, 0.717) is 36.4 Å². The number of piperidine rings is 1. The second-order valence-electron chi connectivity index (χ2n) is 9.89. The van der Waals surface area contributed by atoms with Crippen molar-refractivity contribution >= 4 is 33.1 Å². The number of ether oxygens (including phenoxy) is 1. The number of nitrogens with zero attached hydrogens (tertiary/aromatic N) is 4. The van der Waals surface area contributed by atoms with Crippen LogP contribution in [0.1, 0.15) is 19.3 Å². The molecule has 3 aromatic rings. The highest BCUT2D eigenvalue weighted by atomic mass is 32.2. The zero-order valence-electron chi connectivity index (χ0n) is 23.0. The Morgan fingerprint density at radius 1 is 1.07 bits per heavy atom. The number of benzene rings is 2. The highest BCUT2D eigenvalue weighted by Gasteiger charge is 2.29. The molecule has 1 aliphatic carbocycles. The summed E-state index contributed by atoms with van der Waals surface area (Å²) >= 11 is 0. The van der Waals surface area contributed by atoms with Crippen LogP contribution in [0.5, 0.6) is 5.75 Å². The van der Waals surface area contributed by atoms with Crippen LogP contribution in [0, 0.1) is 0 Å². The van der Waals surface area contributed by atoms with Gasteiger partial charge >= 0.3 is 0 Å². The van der Waals surface area contributed by atoms with Crippen LogP contribution < -0.4 is 31.3 Å². The average Bonchev–Trinajstić information content (AvgIpc) is 3.01. The lowest BCUT2D eigenvalue weighted by atomic mass is 10.0. The zero-order valence-corrected chi connectivity index (χ0v) is 23.8. The number of nitrogens with two attached hydrogens (primary N) is 1. The summed E-state index contributed by atoms with van der Waals surface area (Å²) < 4.78 is 32.4. The van der Waals surface area contributed by atoms with E-state index in [1.54, 1.807) is 49.6 Å². The summed E-state index contributed by atoms with van der Waals surface area (Å²) in [6.45, 7) is 3.40. The molecule has 5 rings (SSSR count). The number of methoxy groups -OCH3 is 1. The molecule has 1 fully saturated rings. The Kier molecular flexibility index (Phi) is 9.12. The van der Waals surface area contributed by atoms with Crippen LogP contribution in [0.3, 0.4) is 0 Å². The second kappa shape index (κ2) is 13.1. The summed E-state index contributed by atoms with van der Waals surface area (Å²) in [4.78, 5) is 15.9. The molecule has 12 heteroatoms. The van der Waals surface area contributed by atoms with Gasteiger partial charge in [-0.2, -0.15) is 4.98 Å². The molecule has 0 spiro atoms. The van der Waals surface area contributed by atoms with E-state index in [4.69, 9.17) is 10.5 Å². The van der Waals surface area contributed by atoms with Gasteiger partial charge in [0.05, 0.1) is 28.6 Å². The number of hydrogen-bond donors (Lipinski definition) is 4. The van der Waals surface area contributed by atoms with Crippen LogP contribution in [-0.4, -0.2) is 68.7 Å². The molecule has 0 radical (unpaired) electrons. The summed E-state index contributed by atoms with van der Waals surface area (Å²) in [5.74, 6) is 1.24. The van der Waals surface area contributed by atoms with Gasteiger partial charge in [0.2, 0.25) is 21.7 Å². The first-order valence-corrected chi connectivity index (χ1v) is 15.2. The van der Waals surface area contributed by atoms with Gasteiger partial charge in [0.25, 0.3) is 0 Å². The first kappa shape index (κ1) is 28.5. The topological polar surface area (TPSA) is 147 Å². The summed E-state index contributed by atoms with van der Waals surface area (Å²) in [5, 5.41) is 9.90. The Balaban J connectivity index is 1.27. The molecule has 1 aliphatic heterocycles. The summed E-state index contributed by atoms with van der Waals surface area (Å²) in [7, 11) is -2.06. The second-order valence-corrected chi connectivity index (χ2v) is 11.8. The quantitative estimate of drug-likeness (QED) is 0.267. The monoisotopic (exact) mass is 576 g/mol. The largest absolute Gasteiger partial charge is 0.494 e. The van der Waals surface area contributed by atoms with Crippen LogP contribution in [0.15, 0.2) is 82.9 Å². The van der Waals surface area contributed by atoms with Crippen LogP contribution in [0.4, 0.5) is 23.3 Å². The van der Waals surface area contributed by atoms with Crippen molar-refractivity contribution in [3.8, 4) is 5.75 Å². The lowest BCUT2D eigenvalue weighted by Crippen LogP contribution is -2.43. The van der Waals surface area contributed by atoms with E-state index >= 15 is 0 Å². The molecular formula is C29H36N8O3S. The Hall–Kier alpha value is -4.00. The van der Waals surface area contributed by atoms with Crippen molar-refractivity contribution in [2.75, 3.05) is 48.8 Å². The Morgan fingerprint density at radius 3 is 2.61 bits per heavy atom. The van der Waals surface area contributed by atoms with Crippen molar-refractivity contribution in [1.29, 1.82) is 0 Å². The third-order valence-electron chi connectivity index (χ3n) is 7.22. The molecule has 5 N–H and O–H groups in total. The van der Waals surface area contributed by atoms with Crippen LogP contribution in [-0.2, 0) is 9.84 Å². The van der Waals surface area contributed by atoms with Gasteiger partial charge in [0.15, 0.2) is 0 Å². The van der Waals surface area contributed by atoms with E-state index in [0.717, 1.165) is 38.2 Å². The van der Waals surface area contributed by atoms with E-state index in [9.17, 15) is 8.42 Å². The number of hydrogen-bond acceptors (Lipinski definition) is 11. The molecule has 1 saturated heterocycles. The van der Waals surface area contributed by atoms with Gasteiger partial charge in [-0.1, -0.05) is 30.4 Å². The summed E-state index contributed by atoms with van der Waals surface area (Å²) in [6.07, 6.45) is 9.26. The highest BCUT2D eigenvalue weighted by molar-refractivity contribution is 7.95. The maximum Gasteiger partial charge on any atom is 0.232 e. The third-order valence-corrected chi connectivity index (χ3v) is 9.15. The van der Waals surface area contributed by atoms with Crippen molar-refractivity contribution in [2.45, 2.75) is 36.2 Å². The fraction of sp³-hybridized carbons (Fsp3) is 0.345. The Morgan fingerprint density at radius 2 is 1.85 bits per heavy atom. The van der Waals surface area contributed by atoms with E-state index < -0.39 is 15.9 Å². The summed E-state index contributed by atoms with van der Waals surface area (Å²) in [5.41, 5.74) is 7.42. The SMILES string of the molecule is COc1cc(N2CCC(NCCN)CC2)ccc1Nc1ncnc(NC2CC=CC=C2S(=O)(=O)c2ccccc2)n1. The molecule has 1 atom stereocenters. The van der Waals surface area contributed by atoms with E-state index in [2.05, 4.69) is 41.9 Å². The van der Waals surface area contributed by atoms with Crippen molar-refractivity contribution in [1.82, 2.24) is 20.3 Å². The number of aromatic nitrogens is 3. The van der Waals surface area contributed by atoms with Crippen molar-refractivity contribution in [2.24, 2.45) is 5.73 Å². The lowest BCUT2D eigenvalue weighted by molar-refractivity contribution is 0.412. The average molecular weight is 577 g/mol. The fourth-order valence-corrected chi connectivity index (χ4v) is 6.64. The number of allylic oxidation sites excluding steroid dienone is 2. The first-order valence-electron chi connectivity index (χ1n) is 13.7. The Bertz CT molecular complexity index is 1490. The van der Waals surface area contributed by atoms with Gasteiger partial charge in [-0.15, -0.1) is 0 Å². The Labute approximate surface area is 240 Å². The number of anilines is 4. The normalized spacial score (nSPS) is 17.7. The minimum Gasteiger partial charge on any atom is -0.494 e. The molecule has 41 heavy (non-hydrogen) atoms. The maximum atomic E-state index is 13.3. The molecular weight excluding hydrogens is 540 g/mol. The zero-order chi connectivity index (χ0) is 28.7. The summed E-state index contributed by atoms with van der Waals surface area (Å²) in [6, 6.07) is 14.4. The highest BCUT2D eigenvalue weighted by Crippen LogP contribution is 2.33. The molecule has 2 aromatic carbocycles. The lowest BCUT2D eigenvalue weighted by Gasteiger charge is -2.34. The molecule has 216 valence electrons. The van der Waals surface area contributed by atoms with Gasteiger partial charge in [-0.3, -0.25) is 0 Å². The smallest absolute Gasteiger partial charge is 0.232 e. The predicted molar refractivity (Wildman–Crippen MR) is 161 cm³/mol. The molecule has 0 bridgehead atoms. The van der Waals surface area contributed by atoms with Gasteiger partial charge in [0, 0.05) is 44.0 Å². The molecule has 0 saturated carbocycles. The fourth-order valence-electron chi connectivity index (χ4n) is 5.06. The van der Waals surface area contributed by atoms with Crippen LogP contribution >= 0.6 is 0 Å². The maximum absolute atomic E-state index is 13.3. The van der Waals surface area contributed by atoms with E-state index in [1.165, 1.54) is 6.33 Å². The van der Waals surface area contributed by atoms with Crippen molar-refractivity contribution in [3.63, 3.8) is 0 Å². The minimum absolute atomic E-state index is 0.245. The molecule has 1 aromatic heterocycles. The molecule has 0 amide bonds. The minimum atomic E-state index is -3.69. The number of nitrogens with one attached hydrogen (secondary N) is 3. The van der Waals surface area contributed by atoms with Crippen molar-refractivity contribution < 1.29 is 13.2 Å². The van der Waals surface area contributed by atoms with Gasteiger partial charge < -0.3 is 31.3 Å². The molecule has 1 unspecified atom stereocenters. The van der Waals surface area contributed by atoms with Gasteiger partial charge in [0.1, 0.15) is 12.1 Å². The first-order chi connectivity index (χ1) is 20.0. The van der Waals surface area contributed by atoms with Crippen LogP contribution in [0.25, 0.3) is 0 Å². The number of sulfone groups is 1. The van der Waals surface area contributed by atoms with Gasteiger partial charge in [-0.25, -0.2) is 18.4 Å². The molecule has 2 aliphatic rings. The number of rotatable bonds is 11. The molecule has 11 nitrogen and oxygen atoms in total. The standard InChI is InChI=1S/C29H36N8O3S/c1-40-26-19-22(37-17-13-21(14-18-37)31-16-15-30)11-12-24(26)34-28-32-20-33-29(36-28)35-25-9-5-6-10-27(25)41(38,39)23-7-3-2-4-8-23/h2-8,10-12,19-21,25,31H,9,13-18,30H2,1H3,(H2,32,33,34,35,36). The predicted octanol–water partition coefficient (Wildman–Crippen LogP) is 3.24. The van der Waals surface area contributed by atoms with E-state index in [-0.39, 0.29) is 15.7 Å². The van der Waals surface area contributed by atoms with Gasteiger partial charge in [-0.05, 0) is 49.6 Å².